The van der Waals surface area contributed by atoms with Gasteiger partial charge in [0, 0.05) is 24.7 Å². The first-order chi connectivity index (χ1) is 11.4. The lowest BCUT2D eigenvalue weighted by Gasteiger charge is -2.26. The number of carbonyl (C=O) groups is 1. The van der Waals surface area contributed by atoms with Gasteiger partial charge < -0.3 is 10.1 Å². The molecule has 0 fully saturated rings. The van der Waals surface area contributed by atoms with Crippen LogP contribution in [0.3, 0.4) is 0 Å². The maximum absolute atomic E-state index is 11.3. The van der Waals surface area contributed by atoms with E-state index in [0.717, 1.165) is 13.1 Å². The topological polar surface area (TPSA) is 84.7 Å². The molecule has 0 aliphatic rings. The van der Waals surface area contributed by atoms with Crippen molar-refractivity contribution in [2.75, 3.05) is 32.1 Å². The number of hydrogen-bond donors (Lipinski definition) is 1. The third-order valence-corrected chi connectivity index (χ3v) is 3.86. The first kappa shape index (κ1) is 19.6. The number of rotatable bonds is 9. The van der Waals surface area contributed by atoms with Crippen molar-refractivity contribution in [3.05, 3.63) is 40.0 Å². The van der Waals surface area contributed by atoms with Gasteiger partial charge in [-0.1, -0.05) is 19.9 Å². The number of nitrogens with one attached hydrogen (secondary N) is 1. The highest BCUT2D eigenvalue weighted by Crippen LogP contribution is 2.26. The Kier molecular flexibility index (Phi) is 7.91. The zero-order valence-corrected chi connectivity index (χ0v) is 14.6. The van der Waals surface area contributed by atoms with E-state index in [2.05, 4.69) is 35.7 Å². The molecule has 0 aromatic heterocycles. The fourth-order valence-electron chi connectivity index (χ4n) is 2.42. The Balaban J connectivity index is 2.90. The van der Waals surface area contributed by atoms with Crippen molar-refractivity contribution < 1.29 is 14.5 Å². The van der Waals surface area contributed by atoms with E-state index in [1.165, 1.54) is 25.3 Å². The molecule has 132 valence electrons. The van der Waals surface area contributed by atoms with Crippen LogP contribution in [-0.4, -0.2) is 48.6 Å². The maximum atomic E-state index is 11.3. The molecule has 1 aromatic carbocycles. The van der Waals surface area contributed by atoms with Crippen molar-refractivity contribution in [1.29, 1.82) is 0 Å². The van der Waals surface area contributed by atoms with E-state index >= 15 is 0 Å². The first-order valence-electron chi connectivity index (χ1n) is 7.95. The number of esters is 1. The quantitative estimate of drug-likeness (QED) is 0.323. The van der Waals surface area contributed by atoms with Crippen LogP contribution in [0.1, 0.15) is 26.3 Å². The number of nitro benzene ring substituents is 1. The van der Waals surface area contributed by atoms with Gasteiger partial charge in [-0.15, -0.1) is 0 Å². The van der Waals surface area contributed by atoms with Crippen LogP contribution < -0.4 is 5.32 Å². The second-order valence-electron chi connectivity index (χ2n) is 5.34. The van der Waals surface area contributed by atoms with Crippen molar-refractivity contribution >= 4 is 23.4 Å². The molecule has 0 saturated carbocycles. The van der Waals surface area contributed by atoms with E-state index in [9.17, 15) is 14.9 Å². The molecular formula is C17H25N3O4. The minimum atomic E-state index is -0.507. The summed E-state index contributed by atoms with van der Waals surface area (Å²) in [4.78, 5) is 24.2. The number of carbonyl (C=O) groups excluding carboxylic acids is 1. The largest absolute Gasteiger partial charge is 0.466 e. The van der Waals surface area contributed by atoms with Gasteiger partial charge in [0.25, 0.3) is 5.69 Å². The lowest BCUT2D eigenvalue weighted by atomic mass is 10.1. The zero-order chi connectivity index (χ0) is 18.1. The summed E-state index contributed by atoms with van der Waals surface area (Å²) in [5.74, 6) is -0.507. The number of likely N-dealkylation sites (N-methyl/N-ethyl adjacent to an activating group) is 1. The van der Waals surface area contributed by atoms with E-state index in [1.54, 1.807) is 12.1 Å². The van der Waals surface area contributed by atoms with Gasteiger partial charge in [-0.25, -0.2) is 4.79 Å². The predicted octanol–water partition coefficient (Wildman–Crippen LogP) is 2.92. The molecule has 0 amide bonds. The van der Waals surface area contributed by atoms with Crippen LogP contribution in [-0.2, 0) is 9.53 Å². The number of methoxy groups -OCH3 is 1. The second-order valence-corrected chi connectivity index (χ2v) is 5.34. The molecule has 0 spiro atoms. The van der Waals surface area contributed by atoms with Crippen molar-refractivity contribution in [2.24, 2.45) is 0 Å². The number of anilines is 1. The molecule has 1 N–H and O–H groups in total. The number of ether oxygens (including phenoxy) is 1. The average molecular weight is 335 g/mol. The summed E-state index contributed by atoms with van der Waals surface area (Å²) in [5.41, 5.74) is 1.01. The highest BCUT2D eigenvalue weighted by molar-refractivity contribution is 5.87. The number of nitro groups is 1. The van der Waals surface area contributed by atoms with Gasteiger partial charge in [0.1, 0.15) is 5.69 Å². The summed E-state index contributed by atoms with van der Waals surface area (Å²) < 4.78 is 4.51. The summed E-state index contributed by atoms with van der Waals surface area (Å²) >= 11 is 0. The molecule has 1 aromatic rings. The molecular weight excluding hydrogens is 310 g/mol. The minimum absolute atomic E-state index is 0.0197. The molecule has 0 radical (unpaired) electrons. The molecule has 24 heavy (non-hydrogen) atoms. The third-order valence-electron chi connectivity index (χ3n) is 3.86. The van der Waals surface area contributed by atoms with Gasteiger partial charge in [-0.3, -0.25) is 15.0 Å². The van der Waals surface area contributed by atoms with Crippen LogP contribution in [0.4, 0.5) is 11.4 Å². The van der Waals surface area contributed by atoms with E-state index in [0.29, 0.717) is 17.8 Å². The molecule has 7 nitrogen and oxygen atoms in total. The van der Waals surface area contributed by atoms with E-state index < -0.39 is 10.9 Å². The van der Waals surface area contributed by atoms with Crippen LogP contribution in [0.15, 0.2) is 24.3 Å². The van der Waals surface area contributed by atoms with Crippen LogP contribution in [0, 0.1) is 10.1 Å². The fourth-order valence-corrected chi connectivity index (χ4v) is 2.42. The summed E-state index contributed by atoms with van der Waals surface area (Å²) in [6.45, 7) is 8.73. The first-order valence-corrected chi connectivity index (χ1v) is 7.95. The Hall–Kier alpha value is -2.41. The van der Waals surface area contributed by atoms with Crippen LogP contribution in [0.25, 0.3) is 6.08 Å². The van der Waals surface area contributed by atoms with Crippen molar-refractivity contribution in [3.63, 3.8) is 0 Å². The highest BCUT2D eigenvalue weighted by Gasteiger charge is 2.16. The molecule has 1 rings (SSSR count). The summed E-state index contributed by atoms with van der Waals surface area (Å²) in [6, 6.07) is 5.07. The van der Waals surface area contributed by atoms with Gasteiger partial charge in [-0.05, 0) is 37.7 Å². The summed E-state index contributed by atoms with van der Waals surface area (Å²) in [5, 5.41) is 14.4. The van der Waals surface area contributed by atoms with Gasteiger partial charge >= 0.3 is 5.97 Å². The standard InChI is InChI=1S/C17H25N3O4/c1-5-19(6-2)13(3)12-18-15-9-7-14(8-10-17(21)24-4)11-16(15)20(22)23/h7-11,13,18H,5-6,12H2,1-4H3/b10-8+. The Morgan fingerprint density at radius 3 is 2.62 bits per heavy atom. The van der Waals surface area contributed by atoms with E-state index in [1.807, 2.05) is 0 Å². The normalized spacial score (nSPS) is 12.4. The second kappa shape index (κ2) is 9.67. The SMILES string of the molecule is CCN(CC)C(C)CNc1ccc(/C=C/C(=O)OC)cc1[N+](=O)[O-]. The minimum Gasteiger partial charge on any atom is -0.466 e. The smallest absolute Gasteiger partial charge is 0.330 e. The van der Waals surface area contributed by atoms with E-state index in [-0.39, 0.29) is 11.7 Å². The number of hydrogen-bond acceptors (Lipinski definition) is 6. The van der Waals surface area contributed by atoms with Gasteiger partial charge in [-0.2, -0.15) is 0 Å². The van der Waals surface area contributed by atoms with Gasteiger partial charge in [0.2, 0.25) is 0 Å². The zero-order valence-electron chi connectivity index (χ0n) is 14.6. The highest BCUT2D eigenvalue weighted by atomic mass is 16.6. The lowest BCUT2D eigenvalue weighted by molar-refractivity contribution is -0.384. The Labute approximate surface area is 142 Å². The van der Waals surface area contributed by atoms with Crippen molar-refractivity contribution in [3.8, 4) is 0 Å². The van der Waals surface area contributed by atoms with E-state index in [4.69, 9.17) is 0 Å². The lowest BCUT2D eigenvalue weighted by Crippen LogP contribution is -2.37. The average Bonchev–Trinajstić information content (AvgIpc) is 2.58. The summed E-state index contributed by atoms with van der Waals surface area (Å²) in [6.07, 6.45) is 2.72. The molecule has 0 heterocycles. The van der Waals surface area contributed by atoms with Crippen LogP contribution in [0.5, 0.6) is 0 Å². The molecule has 7 heteroatoms. The molecule has 0 bridgehead atoms. The number of nitrogens with zero attached hydrogens (tertiary/aromatic N) is 2. The molecule has 0 aliphatic carbocycles. The van der Waals surface area contributed by atoms with Crippen molar-refractivity contribution in [1.82, 2.24) is 4.90 Å². The summed E-state index contributed by atoms with van der Waals surface area (Å²) in [7, 11) is 1.28. The third kappa shape index (κ3) is 5.66. The maximum Gasteiger partial charge on any atom is 0.330 e. The predicted molar refractivity (Wildman–Crippen MR) is 95.0 cm³/mol. The van der Waals surface area contributed by atoms with Crippen molar-refractivity contribution in [2.45, 2.75) is 26.8 Å². The monoisotopic (exact) mass is 335 g/mol. The molecule has 0 aliphatic heterocycles. The Morgan fingerprint density at radius 2 is 2.08 bits per heavy atom. The Morgan fingerprint density at radius 1 is 1.42 bits per heavy atom. The van der Waals surface area contributed by atoms with Crippen LogP contribution in [0.2, 0.25) is 0 Å². The van der Waals surface area contributed by atoms with Gasteiger partial charge in [0.15, 0.2) is 0 Å². The van der Waals surface area contributed by atoms with Crippen LogP contribution >= 0.6 is 0 Å². The van der Waals surface area contributed by atoms with Gasteiger partial charge in [0.05, 0.1) is 12.0 Å². The number of benzene rings is 1. The molecule has 0 saturated heterocycles. The molecule has 1 atom stereocenters. The molecule has 1 unspecified atom stereocenters. The fraction of sp³-hybridized carbons (Fsp3) is 0.471. The Bertz CT molecular complexity index is 597.